The quantitative estimate of drug-likeness (QED) is 0.692. The van der Waals surface area contributed by atoms with Crippen LogP contribution in [0, 0.1) is 29.1 Å². The standard InChI is InChI=1S/C23H28ClN3O4S/c1-22(21(28)26-20-16-7-15-8-17(20)12-23(29,10-15)11-16)5-2-6-27(22)32(30,31)19-4-3-14(13-25)9-18(19)24/h3-4,9,15-17,20,29H,2,5-8,10-12H2,1H3,(H,26,28)/t15?,16?,17?,20?,22-,23?/m1/s1. The number of aliphatic hydroxyl groups is 1. The van der Waals surface area contributed by atoms with Crippen LogP contribution in [0.4, 0.5) is 0 Å². The number of nitrogens with one attached hydrogen (secondary N) is 1. The summed E-state index contributed by atoms with van der Waals surface area (Å²) in [6.45, 7) is 1.93. The van der Waals surface area contributed by atoms with Crippen molar-refractivity contribution in [1.82, 2.24) is 9.62 Å². The summed E-state index contributed by atoms with van der Waals surface area (Å²) in [4.78, 5) is 13.5. The molecule has 4 saturated carbocycles. The molecule has 1 aromatic rings. The first kappa shape index (κ1) is 22.1. The number of hydrogen-bond acceptors (Lipinski definition) is 5. The van der Waals surface area contributed by atoms with Gasteiger partial charge in [0.05, 0.1) is 22.3 Å². The van der Waals surface area contributed by atoms with Gasteiger partial charge >= 0.3 is 0 Å². The molecule has 6 rings (SSSR count). The van der Waals surface area contributed by atoms with Crippen LogP contribution in [-0.2, 0) is 14.8 Å². The van der Waals surface area contributed by atoms with Gasteiger partial charge in [-0.25, -0.2) is 8.42 Å². The van der Waals surface area contributed by atoms with Gasteiger partial charge in [0, 0.05) is 12.6 Å². The lowest BCUT2D eigenvalue weighted by atomic mass is 9.52. The van der Waals surface area contributed by atoms with Crippen LogP contribution in [-0.4, -0.2) is 47.5 Å². The molecular weight excluding hydrogens is 450 g/mol. The largest absolute Gasteiger partial charge is 0.390 e. The third-order valence-electron chi connectivity index (χ3n) is 8.23. The van der Waals surface area contributed by atoms with Gasteiger partial charge in [-0.05, 0) is 87.8 Å². The summed E-state index contributed by atoms with van der Waals surface area (Å²) in [6, 6.07) is 6.03. The molecule has 172 valence electrons. The molecule has 3 atom stereocenters. The van der Waals surface area contributed by atoms with Crippen molar-refractivity contribution < 1.29 is 18.3 Å². The molecule has 2 N–H and O–H groups in total. The maximum absolute atomic E-state index is 13.6. The van der Waals surface area contributed by atoms with Crippen LogP contribution < -0.4 is 5.32 Å². The van der Waals surface area contributed by atoms with Gasteiger partial charge in [-0.3, -0.25) is 4.79 Å². The SMILES string of the molecule is C[C@]1(C(=O)NC2C3CC4CC2CC(O)(C4)C3)CCCN1S(=O)(=O)c1ccc(C#N)cc1Cl. The number of amides is 1. The van der Waals surface area contributed by atoms with Gasteiger partial charge in [-0.15, -0.1) is 0 Å². The average molecular weight is 478 g/mol. The van der Waals surface area contributed by atoms with E-state index in [1.54, 1.807) is 6.92 Å². The molecule has 5 aliphatic rings. The van der Waals surface area contributed by atoms with Crippen LogP contribution in [0.15, 0.2) is 23.1 Å². The zero-order chi connectivity index (χ0) is 22.9. The normalized spacial score (nSPS) is 38.6. The van der Waals surface area contributed by atoms with E-state index >= 15 is 0 Å². The first-order valence-electron chi connectivity index (χ1n) is 11.3. The van der Waals surface area contributed by atoms with Gasteiger partial charge < -0.3 is 10.4 Å². The van der Waals surface area contributed by atoms with E-state index in [-0.39, 0.29) is 45.8 Å². The topological polar surface area (TPSA) is 110 Å². The molecule has 1 heterocycles. The molecule has 5 fully saturated rings. The summed E-state index contributed by atoms with van der Waals surface area (Å²) >= 11 is 6.21. The van der Waals surface area contributed by atoms with Crippen molar-refractivity contribution in [2.45, 2.75) is 73.9 Å². The number of nitrogens with zero attached hydrogens (tertiary/aromatic N) is 2. The van der Waals surface area contributed by atoms with E-state index in [9.17, 15) is 18.3 Å². The van der Waals surface area contributed by atoms with Crippen LogP contribution >= 0.6 is 11.6 Å². The summed E-state index contributed by atoms with van der Waals surface area (Å²) < 4.78 is 28.3. The Balaban J connectivity index is 1.39. The van der Waals surface area contributed by atoms with Crippen molar-refractivity contribution in [2.75, 3.05) is 6.54 Å². The highest BCUT2D eigenvalue weighted by Gasteiger charge is 2.57. The molecule has 9 heteroatoms. The summed E-state index contributed by atoms with van der Waals surface area (Å²) in [5, 5.41) is 23.1. The van der Waals surface area contributed by atoms with Crippen molar-refractivity contribution in [3.63, 3.8) is 0 Å². The Labute approximate surface area is 193 Å². The van der Waals surface area contributed by atoms with Gasteiger partial charge in [0.2, 0.25) is 15.9 Å². The molecule has 1 aromatic carbocycles. The van der Waals surface area contributed by atoms with Crippen LogP contribution in [0.5, 0.6) is 0 Å². The number of hydrogen-bond donors (Lipinski definition) is 2. The van der Waals surface area contributed by atoms with E-state index in [1.165, 1.54) is 22.5 Å². The second-order valence-electron chi connectivity index (χ2n) is 10.4. The van der Waals surface area contributed by atoms with E-state index in [4.69, 9.17) is 16.9 Å². The van der Waals surface area contributed by atoms with Gasteiger partial charge in [0.15, 0.2) is 0 Å². The summed E-state index contributed by atoms with van der Waals surface area (Å²) in [5.74, 6) is 0.757. The van der Waals surface area contributed by atoms with E-state index in [0.717, 1.165) is 19.3 Å². The Hall–Kier alpha value is -1.66. The fraction of sp³-hybridized carbons (Fsp3) is 0.652. The first-order valence-corrected chi connectivity index (χ1v) is 13.1. The minimum Gasteiger partial charge on any atom is -0.390 e. The average Bonchev–Trinajstić information content (AvgIpc) is 3.13. The van der Waals surface area contributed by atoms with Crippen molar-refractivity contribution >= 4 is 27.5 Å². The zero-order valence-corrected chi connectivity index (χ0v) is 19.6. The molecule has 2 unspecified atom stereocenters. The molecule has 0 radical (unpaired) electrons. The molecule has 0 spiro atoms. The first-order chi connectivity index (χ1) is 15.1. The number of carbonyl (C=O) groups is 1. The van der Waals surface area contributed by atoms with Crippen LogP contribution in [0.3, 0.4) is 0 Å². The van der Waals surface area contributed by atoms with Gasteiger partial charge in [0.25, 0.3) is 0 Å². The Kier molecular flexibility index (Phi) is 5.14. The third-order valence-corrected chi connectivity index (χ3v) is 10.7. The highest BCUT2D eigenvalue weighted by Crippen LogP contribution is 2.55. The summed E-state index contributed by atoms with van der Waals surface area (Å²) in [5.41, 5.74) is -1.52. The molecule has 4 aliphatic carbocycles. The number of rotatable bonds is 4. The van der Waals surface area contributed by atoms with Crippen LogP contribution in [0.2, 0.25) is 5.02 Å². The van der Waals surface area contributed by atoms with Crippen LogP contribution in [0.25, 0.3) is 0 Å². The maximum atomic E-state index is 13.6. The number of sulfonamides is 1. The smallest absolute Gasteiger partial charge is 0.245 e. The summed E-state index contributed by atoms with van der Waals surface area (Å²) in [6.07, 6.45) is 5.34. The monoisotopic (exact) mass is 477 g/mol. The van der Waals surface area contributed by atoms with E-state index in [1.807, 2.05) is 6.07 Å². The van der Waals surface area contributed by atoms with E-state index < -0.39 is 21.2 Å². The third kappa shape index (κ3) is 3.37. The van der Waals surface area contributed by atoms with Crippen molar-refractivity contribution in [3.05, 3.63) is 28.8 Å². The zero-order valence-electron chi connectivity index (χ0n) is 18.1. The van der Waals surface area contributed by atoms with Gasteiger partial charge in [-0.1, -0.05) is 11.6 Å². The molecule has 1 amide bonds. The molecule has 1 aliphatic heterocycles. The predicted octanol–water partition coefficient (Wildman–Crippen LogP) is 2.81. The molecule has 4 bridgehead atoms. The maximum Gasteiger partial charge on any atom is 0.245 e. The molecular formula is C23H28ClN3O4S. The molecule has 7 nitrogen and oxygen atoms in total. The fourth-order valence-corrected chi connectivity index (χ4v) is 9.30. The fourth-order valence-electron chi connectivity index (χ4n) is 6.97. The Morgan fingerprint density at radius 3 is 2.56 bits per heavy atom. The lowest BCUT2D eigenvalue weighted by molar-refractivity contribution is -0.150. The number of halogens is 1. The number of carbonyl (C=O) groups excluding carboxylic acids is 1. The Morgan fingerprint density at radius 1 is 1.28 bits per heavy atom. The van der Waals surface area contributed by atoms with Crippen molar-refractivity contribution in [2.24, 2.45) is 17.8 Å². The van der Waals surface area contributed by atoms with Crippen LogP contribution in [0.1, 0.15) is 57.4 Å². The Morgan fingerprint density at radius 2 is 1.97 bits per heavy atom. The van der Waals surface area contributed by atoms with E-state index in [2.05, 4.69) is 5.32 Å². The predicted molar refractivity (Wildman–Crippen MR) is 118 cm³/mol. The lowest BCUT2D eigenvalue weighted by Crippen LogP contribution is -2.65. The second-order valence-corrected chi connectivity index (χ2v) is 12.6. The highest BCUT2D eigenvalue weighted by molar-refractivity contribution is 7.89. The van der Waals surface area contributed by atoms with E-state index in [0.29, 0.717) is 31.6 Å². The molecule has 1 saturated heterocycles. The lowest BCUT2D eigenvalue weighted by Gasteiger charge is -2.58. The minimum atomic E-state index is -4.03. The number of benzene rings is 1. The second kappa shape index (κ2) is 7.42. The van der Waals surface area contributed by atoms with Crippen molar-refractivity contribution in [1.29, 1.82) is 5.26 Å². The molecule has 0 aromatic heterocycles. The van der Waals surface area contributed by atoms with Gasteiger partial charge in [-0.2, -0.15) is 9.57 Å². The number of nitriles is 1. The van der Waals surface area contributed by atoms with Gasteiger partial charge in [0.1, 0.15) is 10.4 Å². The van der Waals surface area contributed by atoms with Crippen molar-refractivity contribution in [3.8, 4) is 6.07 Å². The minimum absolute atomic E-state index is 0.0141. The Bertz CT molecular complexity index is 1100. The highest BCUT2D eigenvalue weighted by atomic mass is 35.5. The summed E-state index contributed by atoms with van der Waals surface area (Å²) in [7, 11) is -4.03. The molecule has 32 heavy (non-hydrogen) atoms.